The number of hydrogen-bond donors (Lipinski definition) is 2. The molecule has 3 heteroatoms. The summed E-state index contributed by atoms with van der Waals surface area (Å²) in [6.45, 7) is 5.06. The van der Waals surface area contributed by atoms with Crippen molar-refractivity contribution in [3.05, 3.63) is 28.8 Å². The zero-order valence-electron chi connectivity index (χ0n) is 9.26. The SMILES string of the molecule is CCC(CO)CNc1ccc(C)c(Cl)c1. The van der Waals surface area contributed by atoms with E-state index in [1.54, 1.807) is 0 Å². The molecular formula is C12H18ClNO. The summed E-state index contributed by atoms with van der Waals surface area (Å²) in [6, 6.07) is 5.91. The second kappa shape index (κ2) is 5.99. The molecule has 2 N–H and O–H groups in total. The van der Waals surface area contributed by atoms with Crippen LogP contribution in [0, 0.1) is 12.8 Å². The summed E-state index contributed by atoms with van der Waals surface area (Å²) in [5.41, 5.74) is 2.09. The monoisotopic (exact) mass is 227 g/mol. The number of benzene rings is 1. The first kappa shape index (κ1) is 12.3. The molecule has 0 heterocycles. The van der Waals surface area contributed by atoms with Crippen molar-refractivity contribution in [2.75, 3.05) is 18.5 Å². The molecule has 0 aliphatic heterocycles. The van der Waals surface area contributed by atoms with Gasteiger partial charge in [-0.05, 0) is 37.0 Å². The predicted octanol–water partition coefficient (Wildman–Crippen LogP) is 3.08. The molecule has 2 nitrogen and oxygen atoms in total. The van der Waals surface area contributed by atoms with Crippen LogP contribution in [0.1, 0.15) is 18.9 Å². The van der Waals surface area contributed by atoms with Gasteiger partial charge in [-0.1, -0.05) is 24.6 Å². The molecule has 0 aromatic heterocycles. The van der Waals surface area contributed by atoms with Crippen LogP contribution in [-0.4, -0.2) is 18.3 Å². The largest absolute Gasteiger partial charge is 0.396 e. The third-order valence-electron chi connectivity index (χ3n) is 2.60. The van der Waals surface area contributed by atoms with E-state index >= 15 is 0 Å². The van der Waals surface area contributed by atoms with E-state index in [9.17, 15) is 0 Å². The Morgan fingerprint density at radius 3 is 2.73 bits per heavy atom. The van der Waals surface area contributed by atoms with Crippen molar-refractivity contribution < 1.29 is 5.11 Å². The highest BCUT2D eigenvalue weighted by molar-refractivity contribution is 6.31. The Balaban J connectivity index is 2.54. The van der Waals surface area contributed by atoms with Gasteiger partial charge in [0.25, 0.3) is 0 Å². The molecule has 0 amide bonds. The molecule has 0 spiro atoms. The van der Waals surface area contributed by atoms with E-state index in [-0.39, 0.29) is 6.61 Å². The van der Waals surface area contributed by atoms with Gasteiger partial charge in [0.15, 0.2) is 0 Å². The van der Waals surface area contributed by atoms with Crippen molar-refractivity contribution in [3.8, 4) is 0 Å². The summed E-state index contributed by atoms with van der Waals surface area (Å²) < 4.78 is 0. The average molecular weight is 228 g/mol. The molecule has 0 saturated carbocycles. The molecule has 0 aliphatic rings. The van der Waals surface area contributed by atoms with Crippen LogP contribution in [-0.2, 0) is 0 Å². The Bertz CT molecular complexity index is 310. The van der Waals surface area contributed by atoms with Gasteiger partial charge in [-0.2, -0.15) is 0 Å². The summed E-state index contributed by atoms with van der Waals surface area (Å²) in [4.78, 5) is 0. The van der Waals surface area contributed by atoms with Crippen LogP contribution >= 0.6 is 11.6 Å². The molecule has 1 atom stereocenters. The standard InChI is InChI=1S/C12H18ClNO/c1-3-10(8-15)7-14-11-5-4-9(2)12(13)6-11/h4-6,10,14-15H,3,7-8H2,1-2H3. The van der Waals surface area contributed by atoms with Crippen molar-refractivity contribution in [2.24, 2.45) is 5.92 Å². The lowest BCUT2D eigenvalue weighted by Crippen LogP contribution is -2.16. The minimum Gasteiger partial charge on any atom is -0.396 e. The van der Waals surface area contributed by atoms with Crippen LogP contribution in [0.25, 0.3) is 0 Å². The second-order valence-corrected chi connectivity index (χ2v) is 4.21. The Morgan fingerprint density at radius 2 is 2.20 bits per heavy atom. The van der Waals surface area contributed by atoms with Gasteiger partial charge in [-0.3, -0.25) is 0 Å². The average Bonchev–Trinajstić information content (AvgIpc) is 2.24. The minimum absolute atomic E-state index is 0.225. The van der Waals surface area contributed by atoms with Crippen LogP contribution in [0.4, 0.5) is 5.69 Å². The van der Waals surface area contributed by atoms with Crippen LogP contribution in [0.2, 0.25) is 5.02 Å². The lowest BCUT2D eigenvalue weighted by Gasteiger charge is -2.14. The fourth-order valence-corrected chi connectivity index (χ4v) is 1.48. The summed E-state index contributed by atoms with van der Waals surface area (Å²) in [5, 5.41) is 13.1. The quantitative estimate of drug-likeness (QED) is 0.811. The van der Waals surface area contributed by atoms with E-state index in [1.807, 2.05) is 25.1 Å². The Hall–Kier alpha value is -0.730. The maximum Gasteiger partial charge on any atom is 0.0475 e. The van der Waals surface area contributed by atoms with E-state index in [4.69, 9.17) is 16.7 Å². The van der Waals surface area contributed by atoms with E-state index in [0.29, 0.717) is 5.92 Å². The topological polar surface area (TPSA) is 32.3 Å². The van der Waals surface area contributed by atoms with Crippen LogP contribution in [0.15, 0.2) is 18.2 Å². The summed E-state index contributed by atoms with van der Waals surface area (Å²) in [5.74, 6) is 0.310. The van der Waals surface area contributed by atoms with Crippen LogP contribution in [0.3, 0.4) is 0 Å². The first-order valence-electron chi connectivity index (χ1n) is 5.28. The zero-order valence-corrected chi connectivity index (χ0v) is 10.0. The van der Waals surface area contributed by atoms with Gasteiger partial charge < -0.3 is 10.4 Å². The fraction of sp³-hybridized carbons (Fsp3) is 0.500. The molecule has 1 unspecified atom stereocenters. The molecule has 84 valence electrons. The normalized spacial score (nSPS) is 12.5. The van der Waals surface area contributed by atoms with Crippen molar-refractivity contribution in [3.63, 3.8) is 0 Å². The smallest absolute Gasteiger partial charge is 0.0475 e. The van der Waals surface area contributed by atoms with E-state index in [0.717, 1.165) is 29.2 Å². The number of aryl methyl sites for hydroxylation is 1. The molecule has 0 saturated heterocycles. The maximum absolute atomic E-state index is 9.04. The third-order valence-corrected chi connectivity index (χ3v) is 3.01. The first-order chi connectivity index (χ1) is 7.17. The second-order valence-electron chi connectivity index (χ2n) is 3.80. The number of aliphatic hydroxyl groups excluding tert-OH is 1. The molecule has 0 aliphatic carbocycles. The highest BCUT2D eigenvalue weighted by atomic mass is 35.5. The Morgan fingerprint density at radius 1 is 1.47 bits per heavy atom. The maximum atomic E-state index is 9.04. The van der Waals surface area contributed by atoms with Crippen LogP contribution < -0.4 is 5.32 Å². The molecule has 15 heavy (non-hydrogen) atoms. The van der Waals surface area contributed by atoms with Crippen LogP contribution in [0.5, 0.6) is 0 Å². The van der Waals surface area contributed by atoms with Crippen molar-refractivity contribution in [1.82, 2.24) is 0 Å². The number of anilines is 1. The third kappa shape index (κ3) is 3.73. The van der Waals surface area contributed by atoms with Crippen molar-refractivity contribution in [1.29, 1.82) is 0 Å². The highest BCUT2D eigenvalue weighted by Gasteiger charge is 2.04. The lowest BCUT2D eigenvalue weighted by molar-refractivity contribution is 0.230. The number of aliphatic hydroxyl groups is 1. The summed E-state index contributed by atoms with van der Waals surface area (Å²) in [6.07, 6.45) is 0.975. The van der Waals surface area contributed by atoms with E-state index in [1.165, 1.54) is 0 Å². The van der Waals surface area contributed by atoms with Gasteiger partial charge in [0.2, 0.25) is 0 Å². The number of hydrogen-bond acceptors (Lipinski definition) is 2. The Kier molecular flexibility index (Phi) is 4.92. The molecule has 0 bridgehead atoms. The van der Waals surface area contributed by atoms with E-state index < -0.39 is 0 Å². The summed E-state index contributed by atoms with van der Waals surface area (Å²) >= 11 is 6.01. The molecule has 0 fully saturated rings. The zero-order chi connectivity index (χ0) is 11.3. The molecule has 1 aromatic carbocycles. The highest BCUT2D eigenvalue weighted by Crippen LogP contribution is 2.20. The molecule has 1 rings (SSSR count). The van der Waals surface area contributed by atoms with Gasteiger partial charge in [0.05, 0.1) is 0 Å². The molecule has 1 aromatic rings. The van der Waals surface area contributed by atoms with Crippen molar-refractivity contribution >= 4 is 17.3 Å². The fourth-order valence-electron chi connectivity index (χ4n) is 1.30. The van der Waals surface area contributed by atoms with Gasteiger partial charge >= 0.3 is 0 Å². The number of rotatable bonds is 5. The lowest BCUT2D eigenvalue weighted by atomic mass is 10.1. The molecular weight excluding hydrogens is 210 g/mol. The van der Waals surface area contributed by atoms with E-state index in [2.05, 4.69) is 12.2 Å². The number of nitrogens with one attached hydrogen (secondary N) is 1. The predicted molar refractivity (Wildman–Crippen MR) is 65.5 cm³/mol. The van der Waals surface area contributed by atoms with Gasteiger partial charge in [-0.15, -0.1) is 0 Å². The summed E-state index contributed by atoms with van der Waals surface area (Å²) in [7, 11) is 0. The number of halogens is 1. The molecule has 0 radical (unpaired) electrons. The van der Waals surface area contributed by atoms with Crippen molar-refractivity contribution in [2.45, 2.75) is 20.3 Å². The first-order valence-corrected chi connectivity index (χ1v) is 5.66. The minimum atomic E-state index is 0.225. The van der Waals surface area contributed by atoms with Gasteiger partial charge in [-0.25, -0.2) is 0 Å². The van der Waals surface area contributed by atoms with Gasteiger partial charge in [0, 0.05) is 23.9 Å². The van der Waals surface area contributed by atoms with Gasteiger partial charge in [0.1, 0.15) is 0 Å². The Labute approximate surface area is 96.3 Å².